The van der Waals surface area contributed by atoms with Gasteiger partial charge in [-0.15, -0.1) is 0 Å². The zero-order valence-electron chi connectivity index (χ0n) is 14.4. The number of benzene rings is 1. The van der Waals surface area contributed by atoms with E-state index in [4.69, 9.17) is 20.3 Å². The lowest BCUT2D eigenvalue weighted by atomic mass is 9.88. The van der Waals surface area contributed by atoms with Crippen molar-refractivity contribution in [1.82, 2.24) is 0 Å². The predicted octanol–water partition coefficient (Wildman–Crippen LogP) is 3.10. The molecule has 2 atom stereocenters. The molecule has 0 aliphatic heterocycles. The highest BCUT2D eigenvalue weighted by molar-refractivity contribution is 5.70. The minimum Gasteiger partial charge on any atom is -0.497 e. The summed E-state index contributed by atoms with van der Waals surface area (Å²) >= 11 is 0. The molecule has 0 spiro atoms. The summed E-state index contributed by atoms with van der Waals surface area (Å²) in [4.78, 5) is 11.1. The molecule has 130 valence electrons. The van der Waals surface area contributed by atoms with Gasteiger partial charge in [-0.2, -0.15) is 0 Å². The van der Waals surface area contributed by atoms with Crippen LogP contribution in [0.15, 0.2) is 18.2 Å². The number of aryl methyl sites for hydroxylation is 1. The molecule has 2 unspecified atom stereocenters. The van der Waals surface area contributed by atoms with Gasteiger partial charge >= 0.3 is 5.97 Å². The summed E-state index contributed by atoms with van der Waals surface area (Å²) in [6.07, 6.45) is 4.53. The van der Waals surface area contributed by atoms with Crippen molar-refractivity contribution < 1.29 is 19.4 Å². The Labute approximate surface area is 138 Å². The quantitative estimate of drug-likeness (QED) is 0.654. The molecule has 0 fully saturated rings. The second-order valence-corrected chi connectivity index (χ2v) is 5.85. The summed E-state index contributed by atoms with van der Waals surface area (Å²) in [6, 6.07) is 5.85. The minimum atomic E-state index is -0.789. The molecule has 0 saturated heterocycles. The largest absolute Gasteiger partial charge is 0.497 e. The molecule has 23 heavy (non-hydrogen) atoms. The fourth-order valence-corrected chi connectivity index (χ4v) is 2.83. The van der Waals surface area contributed by atoms with Crippen molar-refractivity contribution in [1.29, 1.82) is 0 Å². The molecule has 0 radical (unpaired) electrons. The number of carboxylic acid groups (broad SMARTS) is 1. The van der Waals surface area contributed by atoms with Gasteiger partial charge in [0.2, 0.25) is 0 Å². The Morgan fingerprint density at radius 1 is 1.30 bits per heavy atom. The van der Waals surface area contributed by atoms with Crippen LogP contribution in [-0.2, 0) is 11.2 Å². The highest BCUT2D eigenvalue weighted by Gasteiger charge is 2.20. The second-order valence-electron chi connectivity index (χ2n) is 5.85. The molecule has 0 bridgehead atoms. The van der Waals surface area contributed by atoms with E-state index in [1.165, 1.54) is 0 Å². The van der Waals surface area contributed by atoms with E-state index in [1.54, 1.807) is 14.2 Å². The molecule has 1 aromatic carbocycles. The molecule has 0 aromatic heterocycles. The molecule has 1 aromatic rings. The summed E-state index contributed by atoms with van der Waals surface area (Å²) in [5.74, 6) is 0.786. The van der Waals surface area contributed by atoms with Crippen LogP contribution < -0.4 is 15.2 Å². The molecule has 0 aliphatic rings. The average Bonchev–Trinajstić information content (AvgIpc) is 2.57. The molecule has 3 N–H and O–H groups in total. The van der Waals surface area contributed by atoms with Gasteiger partial charge in [0.1, 0.15) is 11.5 Å². The van der Waals surface area contributed by atoms with Crippen LogP contribution in [0.2, 0.25) is 0 Å². The Morgan fingerprint density at radius 2 is 2.04 bits per heavy atom. The molecule has 0 amide bonds. The topological polar surface area (TPSA) is 81.8 Å². The number of aliphatic carboxylic acids is 1. The first-order valence-electron chi connectivity index (χ1n) is 8.19. The normalized spacial score (nSPS) is 13.4. The van der Waals surface area contributed by atoms with Gasteiger partial charge < -0.3 is 20.3 Å². The van der Waals surface area contributed by atoms with Crippen LogP contribution in [0.5, 0.6) is 11.5 Å². The van der Waals surface area contributed by atoms with Gasteiger partial charge in [0.05, 0.1) is 20.1 Å². The van der Waals surface area contributed by atoms with Crippen LogP contribution >= 0.6 is 0 Å². The number of carbonyl (C=O) groups is 1. The van der Waals surface area contributed by atoms with E-state index in [9.17, 15) is 4.79 Å². The Kier molecular flexibility index (Phi) is 8.48. The van der Waals surface area contributed by atoms with Crippen LogP contribution in [0.1, 0.15) is 38.2 Å². The lowest BCUT2D eigenvalue weighted by Crippen LogP contribution is -2.25. The number of ether oxygens (including phenoxy) is 2. The molecule has 1 rings (SSSR count). The SMILES string of the molecule is CCC(CCCc1ccc(OC)cc1OC)CC(CN)C(=O)O. The summed E-state index contributed by atoms with van der Waals surface area (Å²) < 4.78 is 10.6. The van der Waals surface area contributed by atoms with E-state index < -0.39 is 11.9 Å². The zero-order valence-corrected chi connectivity index (χ0v) is 14.4. The van der Waals surface area contributed by atoms with Gasteiger partial charge in [0.25, 0.3) is 0 Å². The van der Waals surface area contributed by atoms with Crippen LogP contribution in [0.4, 0.5) is 0 Å². The summed E-state index contributed by atoms with van der Waals surface area (Å²) in [7, 11) is 3.29. The Bertz CT molecular complexity index is 490. The van der Waals surface area contributed by atoms with Crippen molar-refractivity contribution >= 4 is 5.97 Å². The van der Waals surface area contributed by atoms with Gasteiger partial charge in [0.15, 0.2) is 0 Å². The molecule has 5 heteroatoms. The van der Waals surface area contributed by atoms with E-state index in [0.717, 1.165) is 42.7 Å². The van der Waals surface area contributed by atoms with Gasteiger partial charge in [-0.25, -0.2) is 0 Å². The van der Waals surface area contributed by atoms with Crippen LogP contribution in [0, 0.1) is 11.8 Å². The van der Waals surface area contributed by atoms with E-state index in [-0.39, 0.29) is 6.54 Å². The van der Waals surface area contributed by atoms with Crippen molar-refractivity contribution in [3.8, 4) is 11.5 Å². The third-order valence-corrected chi connectivity index (χ3v) is 4.38. The van der Waals surface area contributed by atoms with Gasteiger partial charge in [-0.05, 0) is 36.8 Å². The Hall–Kier alpha value is -1.75. The maximum Gasteiger partial charge on any atom is 0.307 e. The highest BCUT2D eigenvalue weighted by atomic mass is 16.5. The first-order valence-corrected chi connectivity index (χ1v) is 8.19. The lowest BCUT2D eigenvalue weighted by Gasteiger charge is -2.19. The average molecular weight is 323 g/mol. The maximum absolute atomic E-state index is 11.1. The van der Waals surface area contributed by atoms with Crippen LogP contribution in [0.3, 0.4) is 0 Å². The van der Waals surface area contributed by atoms with E-state index in [1.807, 2.05) is 18.2 Å². The summed E-state index contributed by atoms with van der Waals surface area (Å²) in [5.41, 5.74) is 6.70. The number of hydrogen-bond donors (Lipinski definition) is 2. The molecular weight excluding hydrogens is 294 g/mol. The third kappa shape index (κ3) is 6.10. The minimum absolute atomic E-state index is 0.206. The second kappa shape index (κ2) is 10.1. The van der Waals surface area contributed by atoms with Crippen molar-refractivity contribution in [3.63, 3.8) is 0 Å². The Morgan fingerprint density at radius 3 is 2.57 bits per heavy atom. The first kappa shape index (κ1) is 19.3. The monoisotopic (exact) mass is 323 g/mol. The fourth-order valence-electron chi connectivity index (χ4n) is 2.83. The fraction of sp³-hybridized carbons (Fsp3) is 0.611. The number of rotatable bonds is 11. The van der Waals surface area contributed by atoms with Crippen LogP contribution in [0.25, 0.3) is 0 Å². The third-order valence-electron chi connectivity index (χ3n) is 4.38. The summed E-state index contributed by atoms with van der Waals surface area (Å²) in [6.45, 7) is 2.31. The van der Waals surface area contributed by atoms with E-state index in [0.29, 0.717) is 12.3 Å². The number of carboxylic acids is 1. The summed E-state index contributed by atoms with van der Waals surface area (Å²) in [5, 5.41) is 9.13. The van der Waals surface area contributed by atoms with Crippen molar-refractivity contribution in [3.05, 3.63) is 23.8 Å². The van der Waals surface area contributed by atoms with Crippen molar-refractivity contribution in [2.75, 3.05) is 20.8 Å². The van der Waals surface area contributed by atoms with Crippen LogP contribution in [-0.4, -0.2) is 31.8 Å². The predicted molar refractivity (Wildman–Crippen MR) is 91.1 cm³/mol. The molecular formula is C18H29NO4. The molecule has 5 nitrogen and oxygen atoms in total. The van der Waals surface area contributed by atoms with Gasteiger partial charge in [-0.1, -0.05) is 25.8 Å². The van der Waals surface area contributed by atoms with Crippen molar-refractivity contribution in [2.45, 2.75) is 39.0 Å². The molecule has 0 heterocycles. The number of hydrogen-bond acceptors (Lipinski definition) is 4. The standard InChI is InChI=1S/C18H29NO4/c1-4-13(10-15(12-19)18(20)21)6-5-7-14-8-9-16(22-2)11-17(14)23-3/h8-9,11,13,15H,4-7,10,12,19H2,1-3H3,(H,20,21). The number of nitrogens with two attached hydrogens (primary N) is 1. The van der Waals surface area contributed by atoms with E-state index >= 15 is 0 Å². The lowest BCUT2D eigenvalue weighted by molar-refractivity contribution is -0.142. The molecule has 0 saturated carbocycles. The number of methoxy groups -OCH3 is 2. The molecule has 0 aliphatic carbocycles. The van der Waals surface area contributed by atoms with Gasteiger partial charge in [-0.3, -0.25) is 4.79 Å². The maximum atomic E-state index is 11.1. The highest BCUT2D eigenvalue weighted by Crippen LogP contribution is 2.27. The van der Waals surface area contributed by atoms with Crippen molar-refractivity contribution in [2.24, 2.45) is 17.6 Å². The zero-order chi connectivity index (χ0) is 17.2. The smallest absolute Gasteiger partial charge is 0.307 e. The Balaban J connectivity index is 2.55. The first-order chi connectivity index (χ1) is 11.0. The van der Waals surface area contributed by atoms with E-state index in [2.05, 4.69) is 6.92 Å². The van der Waals surface area contributed by atoms with Gasteiger partial charge in [0, 0.05) is 12.6 Å².